The van der Waals surface area contributed by atoms with Crippen molar-refractivity contribution in [1.29, 1.82) is 0 Å². The fourth-order valence-electron chi connectivity index (χ4n) is 2.17. The van der Waals surface area contributed by atoms with Gasteiger partial charge < -0.3 is 5.32 Å². The van der Waals surface area contributed by atoms with Crippen molar-refractivity contribution in [3.63, 3.8) is 0 Å². The summed E-state index contributed by atoms with van der Waals surface area (Å²) in [7, 11) is 0. The first-order chi connectivity index (χ1) is 8.63. The summed E-state index contributed by atoms with van der Waals surface area (Å²) in [6.07, 6.45) is 0. The quantitative estimate of drug-likeness (QED) is 0.717. The van der Waals surface area contributed by atoms with Crippen molar-refractivity contribution in [2.75, 3.05) is 19.6 Å². The summed E-state index contributed by atoms with van der Waals surface area (Å²) in [4.78, 5) is 0. The number of nitrogens with one attached hydrogen (secondary N) is 3. The fraction of sp³-hybridized carbons (Fsp3) is 0.500. The average Bonchev–Trinajstić information content (AvgIpc) is 2.81. The van der Waals surface area contributed by atoms with E-state index in [1.807, 2.05) is 6.92 Å². The van der Waals surface area contributed by atoms with E-state index in [1.54, 1.807) is 0 Å². The Bertz CT molecular complexity index is 402. The second kappa shape index (κ2) is 5.69. The Morgan fingerprint density at radius 1 is 1.28 bits per heavy atom. The van der Waals surface area contributed by atoms with Crippen LogP contribution in [0.4, 0.5) is 13.2 Å². The van der Waals surface area contributed by atoms with Crippen LogP contribution in [0.25, 0.3) is 0 Å². The van der Waals surface area contributed by atoms with Gasteiger partial charge in [-0.1, -0.05) is 6.92 Å². The number of hydrogen-bond donors (Lipinski definition) is 3. The van der Waals surface area contributed by atoms with E-state index >= 15 is 0 Å². The molecule has 1 heterocycles. The van der Waals surface area contributed by atoms with Crippen LogP contribution in [0.3, 0.4) is 0 Å². The Morgan fingerprint density at radius 3 is 2.56 bits per heavy atom. The SMILES string of the molecule is CCNCC1CNNC1c1cc(F)c(F)c(F)c1. The van der Waals surface area contributed by atoms with Gasteiger partial charge in [-0.25, -0.2) is 18.6 Å². The van der Waals surface area contributed by atoms with Crippen LogP contribution in [0.5, 0.6) is 0 Å². The van der Waals surface area contributed by atoms with Gasteiger partial charge in [0.05, 0.1) is 6.04 Å². The molecule has 3 N–H and O–H groups in total. The molecule has 2 atom stereocenters. The Hall–Kier alpha value is -1.11. The lowest BCUT2D eigenvalue weighted by atomic mass is 9.94. The largest absolute Gasteiger partial charge is 0.317 e. The lowest BCUT2D eigenvalue weighted by Gasteiger charge is -2.19. The first-order valence-electron chi connectivity index (χ1n) is 5.97. The lowest BCUT2D eigenvalue weighted by Crippen LogP contribution is -2.29. The zero-order valence-corrected chi connectivity index (χ0v) is 10.1. The maximum atomic E-state index is 13.2. The van der Waals surface area contributed by atoms with Crippen molar-refractivity contribution in [2.45, 2.75) is 13.0 Å². The van der Waals surface area contributed by atoms with Crippen LogP contribution in [-0.2, 0) is 0 Å². The summed E-state index contributed by atoms with van der Waals surface area (Å²) in [6.45, 7) is 4.23. The van der Waals surface area contributed by atoms with Crippen LogP contribution in [0, 0.1) is 23.4 Å². The number of hydrazine groups is 1. The molecule has 2 unspecified atom stereocenters. The van der Waals surface area contributed by atoms with Gasteiger partial charge in [-0.2, -0.15) is 0 Å². The third-order valence-electron chi connectivity index (χ3n) is 3.12. The predicted molar refractivity (Wildman–Crippen MR) is 62.2 cm³/mol. The van der Waals surface area contributed by atoms with Crippen LogP contribution >= 0.6 is 0 Å². The summed E-state index contributed by atoms with van der Waals surface area (Å²) in [6, 6.07) is 1.86. The first kappa shape index (κ1) is 13.3. The number of hydrogen-bond acceptors (Lipinski definition) is 3. The standard InChI is InChI=1S/C12H16F3N3/c1-2-16-5-8-6-17-18-12(8)7-3-9(13)11(15)10(14)4-7/h3-4,8,12,16-18H,2,5-6H2,1H3. The molecule has 0 spiro atoms. The molecule has 3 nitrogen and oxygen atoms in total. The lowest BCUT2D eigenvalue weighted by molar-refractivity contribution is 0.422. The summed E-state index contributed by atoms with van der Waals surface area (Å²) in [5, 5.41) is 3.19. The van der Waals surface area contributed by atoms with Crippen molar-refractivity contribution < 1.29 is 13.2 Å². The van der Waals surface area contributed by atoms with Gasteiger partial charge in [0.1, 0.15) is 0 Å². The van der Waals surface area contributed by atoms with E-state index in [2.05, 4.69) is 16.2 Å². The van der Waals surface area contributed by atoms with Gasteiger partial charge >= 0.3 is 0 Å². The zero-order valence-electron chi connectivity index (χ0n) is 10.1. The van der Waals surface area contributed by atoms with Crippen molar-refractivity contribution in [1.82, 2.24) is 16.2 Å². The Morgan fingerprint density at radius 2 is 1.94 bits per heavy atom. The normalized spacial score (nSPS) is 23.6. The molecular weight excluding hydrogens is 243 g/mol. The minimum Gasteiger partial charge on any atom is -0.317 e. The van der Waals surface area contributed by atoms with E-state index in [9.17, 15) is 13.2 Å². The fourth-order valence-corrected chi connectivity index (χ4v) is 2.17. The van der Waals surface area contributed by atoms with Gasteiger partial charge in [0.2, 0.25) is 0 Å². The molecule has 0 bridgehead atoms. The van der Waals surface area contributed by atoms with E-state index in [0.717, 1.165) is 25.2 Å². The highest BCUT2D eigenvalue weighted by atomic mass is 19.2. The number of rotatable bonds is 4. The molecular formula is C12H16F3N3. The molecule has 1 fully saturated rings. The highest BCUT2D eigenvalue weighted by molar-refractivity contribution is 5.24. The summed E-state index contributed by atoms with van der Waals surface area (Å²) >= 11 is 0. The van der Waals surface area contributed by atoms with Gasteiger partial charge in [-0.15, -0.1) is 0 Å². The highest BCUT2D eigenvalue weighted by Crippen LogP contribution is 2.26. The van der Waals surface area contributed by atoms with Crippen LogP contribution in [0.15, 0.2) is 12.1 Å². The molecule has 0 aliphatic carbocycles. The average molecular weight is 259 g/mol. The Balaban J connectivity index is 2.19. The molecule has 2 rings (SSSR count). The number of benzene rings is 1. The monoisotopic (exact) mass is 259 g/mol. The number of halogens is 3. The van der Waals surface area contributed by atoms with E-state index in [1.165, 1.54) is 0 Å². The maximum absolute atomic E-state index is 13.2. The van der Waals surface area contributed by atoms with E-state index in [4.69, 9.17) is 0 Å². The van der Waals surface area contributed by atoms with Crippen molar-refractivity contribution in [3.05, 3.63) is 35.1 Å². The molecule has 0 radical (unpaired) electrons. The molecule has 100 valence electrons. The summed E-state index contributed by atoms with van der Waals surface area (Å²) in [5.74, 6) is -3.57. The third-order valence-corrected chi connectivity index (χ3v) is 3.12. The topological polar surface area (TPSA) is 36.1 Å². The second-order valence-electron chi connectivity index (χ2n) is 4.37. The van der Waals surface area contributed by atoms with Gasteiger partial charge in [0, 0.05) is 19.0 Å². The molecule has 1 aromatic carbocycles. The van der Waals surface area contributed by atoms with Crippen LogP contribution < -0.4 is 16.2 Å². The van der Waals surface area contributed by atoms with Crippen molar-refractivity contribution in [2.24, 2.45) is 5.92 Å². The van der Waals surface area contributed by atoms with Crippen LogP contribution in [0.2, 0.25) is 0 Å². The van der Waals surface area contributed by atoms with E-state index < -0.39 is 17.5 Å². The predicted octanol–water partition coefficient (Wildman–Crippen LogP) is 1.48. The third kappa shape index (κ3) is 2.66. The summed E-state index contributed by atoms with van der Waals surface area (Å²) in [5.41, 5.74) is 6.33. The Labute approximate surface area is 104 Å². The molecule has 0 amide bonds. The maximum Gasteiger partial charge on any atom is 0.194 e. The molecule has 1 aromatic rings. The first-order valence-corrected chi connectivity index (χ1v) is 5.97. The minimum absolute atomic E-state index is 0.161. The molecule has 1 aliphatic rings. The van der Waals surface area contributed by atoms with Gasteiger partial charge in [0.15, 0.2) is 17.5 Å². The minimum atomic E-state index is -1.42. The summed E-state index contributed by atoms with van der Waals surface area (Å²) < 4.78 is 39.3. The second-order valence-corrected chi connectivity index (χ2v) is 4.37. The van der Waals surface area contributed by atoms with Crippen molar-refractivity contribution in [3.8, 4) is 0 Å². The molecule has 1 saturated heterocycles. The van der Waals surface area contributed by atoms with Crippen LogP contribution in [0.1, 0.15) is 18.5 Å². The van der Waals surface area contributed by atoms with E-state index in [-0.39, 0.29) is 12.0 Å². The Kier molecular flexibility index (Phi) is 4.21. The van der Waals surface area contributed by atoms with Gasteiger partial charge in [0.25, 0.3) is 0 Å². The molecule has 0 saturated carbocycles. The van der Waals surface area contributed by atoms with Gasteiger partial charge in [-0.3, -0.25) is 5.43 Å². The molecule has 0 aromatic heterocycles. The van der Waals surface area contributed by atoms with Gasteiger partial charge in [-0.05, 0) is 24.2 Å². The van der Waals surface area contributed by atoms with Crippen molar-refractivity contribution >= 4 is 0 Å². The highest BCUT2D eigenvalue weighted by Gasteiger charge is 2.29. The smallest absolute Gasteiger partial charge is 0.194 e. The van der Waals surface area contributed by atoms with E-state index in [0.29, 0.717) is 12.1 Å². The van der Waals surface area contributed by atoms with Crippen LogP contribution in [-0.4, -0.2) is 19.6 Å². The molecule has 1 aliphatic heterocycles. The molecule has 18 heavy (non-hydrogen) atoms. The molecule has 6 heteroatoms. The zero-order chi connectivity index (χ0) is 13.1.